The maximum atomic E-state index is 12.4. The molecule has 0 saturated carbocycles. The number of aryl methyl sites for hydroxylation is 1. The van der Waals surface area contributed by atoms with Crippen LogP contribution in [0.25, 0.3) is 0 Å². The Morgan fingerprint density at radius 3 is 2.42 bits per heavy atom. The van der Waals surface area contributed by atoms with Crippen molar-refractivity contribution in [2.75, 3.05) is 16.3 Å². The molecule has 7 nitrogen and oxygen atoms in total. The number of nitro groups is 1. The zero-order valence-corrected chi connectivity index (χ0v) is 14.2. The van der Waals surface area contributed by atoms with Crippen LogP contribution in [0.1, 0.15) is 12.0 Å². The molecule has 2 aromatic rings. The maximum Gasteiger partial charge on any atom is 0.294 e. The molecule has 0 fully saturated rings. The van der Waals surface area contributed by atoms with E-state index in [4.69, 9.17) is 17.3 Å². The van der Waals surface area contributed by atoms with Crippen molar-refractivity contribution >= 4 is 38.7 Å². The molecule has 3 N–H and O–H groups in total. The van der Waals surface area contributed by atoms with Crippen molar-refractivity contribution in [3.05, 3.63) is 58.1 Å². The van der Waals surface area contributed by atoms with Crippen molar-refractivity contribution < 1.29 is 13.3 Å². The molecule has 0 aliphatic carbocycles. The average Bonchev–Trinajstić information content (AvgIpc) is 2.54. The predicted octanol–water partition coefficient (Wildman–Crippen LogP) is 3.15. The van der Waals surface area contributed by atoms with E-state index in [-0.39, 0.29) is 22.0 Å². The second kappa shape index (κ2) is 7.50. The summed E-state index contributed by atoms with van der Waals surface area (Å²) >= 11 is 5.63. The number of benzene rings is 2. The first-order valence-electron chi connectivity index (χ1n) is 7.05. The van der Waals surface area contributed by atoms with Crippen LogP contribution in [0.2, 0.25) is 0 Å². The van der Waals surface area contributed by atoms with Gasteiger partial charge in [-0.15, -0.1) is 11.6 Å². The number of nitrogen functional groups attached to an aromatic ring is 1. The quantitative estimate of drug-likeness (QED) is 0.336. The van der Waals surface area contributed by atoms with E-state index < -0.39 is 14.9 Å². The van der Waals surface area contributed by atoms with Crippen molar-refractivity contribution in [3.8, 4) is 0 Å². The molecule has 128 valence electrons. The lowest BCUT2D eigenvalue weighted by Crippen LogP contribution is -2.13. The van der Waals surface area contributed by atoms with E-state index in [2.05, 4.69) is 4.72 Å². The molecule has 0 aliphatic rings. The summed E-state index contributed by atoms with van der Waals surface area (Å²) in [6.45, 7) is 0. The normalized spacial score (nSPS) is 11.2. The smallest absolute Gasteiger partial charge is 0.294 e. The number of sulfonamides is 1. The highest BCUT2D eigenvalue weighted by molar-refractivity contribution is 7.92. The van der Waals surface area contributed by atoms with Crippen LogP contribution in [0, 0.1) is 10.1 Å². The van der Waals surface area contributed by atoms with Crippen LogP contribution in [0.15, 0.2) is 47.4 Å². The van der Waals surface area contributed by atoms with Crippen LogP contribution in [0.4, 0.5) is 17.1 Å². The van der Waals surface area contributed by atoms with Gasteiger partial charge in [-0.1, -0.05) is 12.1 Å². The molecule has 24 heavy (non-hydrogen) atoms. The fraction of sp³-hybridized carbons (Fsp3) is 0.200. The lowest BCUT2D eigenvalue weighted by molar-refractivity contribution is -0.383. The Labute approximate surface area is 144 Å². The summed E-state index contributed by atoms with van der Waals surface area (Å²) in [7, 11) is -3.85. The van der Waals surface area contributed by atoms with Crippen molar-refractivity contribution in [1.29, 1.82) is 0 Å². The van der Waals surface area contributed by atoms with Gasteiger partial charge >= 0.3 is 0 Å². The van der Waals surface area contributed by atoms with E-state index in [1.54, 1.807) is 12.1 Å². The van der Waals surface area contributed by atoms with Gasteiger partial charge in [-0.25, -0.2) is 8.42 Å². The average molecular weight is 370 g/mol. The molecule has 0 amide bonds. The van der Waals surface area contributed by atoms with E-state index in [9.17, 15) is 18.5 Å². The van der Waals surface area contributed by atoms with Crippen molar-refractivity contribution in [3.63, 3.8) is 0 Å². The molecule has 0 radical (unpaired) electrons. The molecule has 0 atom stereocenters. The number of halogens is 1. The third-order valence-electron chi connectivity index (χ3n) is 3.31. The molecule has 0 aliphatic heterocycles. The monoisotopic (exact) mass is 369 g/mol. The highest BCUT2D eigenvalue weighted by Crippen LogP contribution is 2.26. The minimum atomic E-state index is -3.85. The minimum Gasteiger partial charge on any atom is -0.393 e. The summed E-state index contributed by atoms with van der Waals surface area (Å²) in [5, 5.41) is 10.9. The predicted molar refractivity (Wildman–Crippen MR) is 93.8 cm³/mol. The summed E-state index contributed by atoms with van der Waals surface area (Å²) in [4.78, 5) is 10.3. The maximum absolute atomic E-state index is 12.4. The van der Waals surface area contributed by atoms with Crippen LogP contribution < -0.4 is 10.5 Å². The Bertz CT molecular complexity index is 838. The molecular formula is C15H16ClN3O4S. The van der Waals surface area contributed by atoms with Crippen LogP contribution in [0.3, 0.4) is 0 Å². The Balaban J connectivity index is 2.22. The van der Waals surface area contributed by atoms with Gasteiger partial charge in [-0.05, 0) is 42.7 Å². The molecule has 2 rings (SSSR count). The number of hydrogen-bond donors (Lipinski definition) is 2. The zero-order chi connectivity index (χ0) is 17.7. The number of nitrogens with zero attached hydrogens (tertiary/aromatic N) is 1. The van der Waals surface area contributed by atoms with E-state index in [1.165, 1.54) is 24.3 Å². The van der Waals surface area contributed by atoms with Crippen molar-refractivity contribution in [2.24, 2.45) is 0 Å². The topological polar surface area (TPSA) is 115 Å². The second-order valence-electron chi connectivity index (χ2n) is 5.07. The zero-order valence-electron chi connectivity index (χ0n) is 12.6. The Morgan fingerprint density at radius 2 is 1.83 bits per heavy atom. The first kappa shape index (κ1) is 18.0. The van der Waals surface area contributed by atoms with E-state index in [1.807, 2.05) is 0 Å². The second-order valence-corrected chi connectivity index (χ2v) is 7.13. The SMILES string of the molecule is Nc1ccc(NS(=O)(=O)c2ccc(CCCCl)cc2)cc1[N+](=O)[O-]. The summed E-state index contributed by atoms with van der Waals surface area (Å²) < 4.78 is 27.0. The molecule has 0 saturated heterocycles. The fourth-order valence-electron chi connectivity index (χ4n) is 2.09. The Hall–Kier alpha value is -2.32. The minimum absolute atomic E-state index is 0.0356. The van der Waals surface area contributed by atoms with Gasteiger partial charge in [0.2, 0.25) is 0 Å². The highest BCUT2D eigenvalue weighted by Gasteiger charge is 2.17. The van der Waals surface area contributed by atoms with Crippen LogP contribution in [0.5, 0.6) is 0 Å². The Kier molecular flexibility index (Phi) is 5.63. The van der Waals surface area contributed by atoms with Gasteiger partial charge in [0.1, 0.15) is 5.69 Å². The lowest BCUT2D eigenvalue weighted by Gasteiger charge is -2.09. The van der Waals surface area contributed by atoms with E-state index in [0.717, 1.165) is 24.5 Å². The molecule has 0 unspecified atom stereocenters. The summed E-state index contributed by atoms with van der Waals surface area (Å²) in [6.07, 6.45) is 1.57. The largest absolute Gasteiger partial charge is 0.393 e. The first-order chi connectivity index (χ1) is 11.3. The third-order valence-corrected chi connectivity index (χ3v) is 4.98. The molecular weight excluding hydrogens is 354 g/mol. The van der Waals surface area contributed by atoms with Gasteiger partial charge in [0.25, 0.3) is 15.7 Å². The molecule has 0 bridgehead atoms. The van der Waals surface area contributed by atoms with Gasteiger partial charge in [0.15, 0.2) is 0 Å². The molecule has 0 heterocycles. The van der Waals surface area contributed by atoms with Gasteiger partial charge in [-0.3, -0.25) is 14.8 Å². The third kappa shape index (κ3) is 4.36. The lowest BCUT2D eigenvalue weighted by atomic mass is 10.1. The number of rotatable bonds is 7. The van der Waals surface area contributed by atoms with E-state index in [0.29, 0.717) is 5.88 Å². The Morgan fingerprint density at radius 1 is 1.17 bits per heavy atom. The standard InChI is InChI=1S/C15H16ClN3O4S/c16-9-1-2-11-3-6-13(7-4-11)24(22,23)18-12-5-8-14(17)15(10-12)19(20)21/h3-8,10,18H,1-2,9,17H2. The van der Waals surface area contributed by atoms with Crippen molar-refractivity contribution in [2.45, 2.75) is 17.7 Å². The summed E-state index contributed by atoms with van der Waals surface area (Å²) in [5.74, 6) is 0.539. The van der Waals surface area contributed by atoms with Crippen LogP contribution in [-0.2, 0) is 16.4 Å². The van der Waals surface area contributed by atoms with Crippen LogP contribution in [-0.4, -0.2) is 19.2 Å². The fourth-order valence-corrected chi connectivity index (χ4v) is 3.27. The van der Waals surface area contributed by atoms with E-state index >= 15 is 0 Å². The highest BCUT2D eigenvalue weighted by atomic mass is 35.5. The molecule has 0 spiro atoms. The number of nitrogens with one attached hydrogen (secondary N) is 1. The number of anilines is 2. The van der Waals surface area contributed by atoms with Gasteiger partial charge in [0.05, 0.1) is 15.5 Å². The molecule has 9 heteroatoms. The number of nitrogens with two attached hydrogens (primary N) is 1. The van der Waals surface area contributed by atoms with Crippen LogP contribution >= 0.6 is 11.6 Å². The number of hydrogen-bond acceptors (Lipinski definition) is 5. The number of alkyl halides is 1. The molecule has 2 aromatic carbocycles. The van der Waals surface area contributed by atoms with Gasteiger partial charge in [-0.2, -0.15) is 0 Å². The summed E-state index contributed by atoms with van der Waals surface area (Å²) in [6, 6.07) is 10.1. The summed E-state index contributed by atoms with van der Waals surface area (Å²) in [5.41, 5.74) is 6.16. The first-order valence-corrected chi connectivity index (χ1v) is 9.07. The van der Waals surface area contributed by atoms with Gasteiger partial charge < -0.3 is 5.73 Å². The molecule has 0 aromatic heterocycles. The van der Waals surface area contributed by atoms with Gasteiger partial charge in [0, 0.05) is 11.9 Å². The number of nitro benzene ring substituents is 1. The van der Waals surface area contributed by atoms with Crippen molar-refractivity contribution in [1.82, 2.24) is 0 Å².